The van der Waals surface area contributed by atoms with Gasteiger partial charge in [0.2, 0.25) is 0 Å². The van der Waals surface area contributed by atoms with Gasteiger partial charge < -0.3 is 14.8 Å². The van der Waals surface area contributed by atoms with Crippen molar-refractivity contribution < 1.29 is 14.3 Å². The first kappa shape index (κ1) is 11.9. The molecule has 0 aromatic rings. The maximum atomic E-state index is 11.9. The standard InChI is InChI=1S/C12H21NO3/c1-2-13-11-8-15-7-10(11)12(14)16-9-5-3-4-6-9/h9-11,13H,2-8H2,1H3. The Morgan fingerprint density at radius 2 is 2.12 bits per heavy atom. The summed E-state index contributed by atoms with van der Waals surface area (Å²) in [5.41, 5.74) is 0. The maximum Gasteiger partial charge on any atom is 0.313 e. The van der Waals surface area contributed by atoms with Crippen LogP contribution >= 0.6 is 0 Å². The quantitative estimate of drug-likeness (QED) is 0.731. The molecule has 0 spiro atoms. The van der Waals surface area contributed by atoms with Crippen LogP contribution in [0.25, 0.3) is 0 Å². The molecule has 2 fully saturated rings. The van der Waals surface area contributed by atoms with Crippen molar-refractivity contribution in [1.82, 2.24) is 5.32 Å². The summed E-state index contributed by atoms with van der Waals surface area (Å²) in [5, 5.41) is 3.27. The second-order valence-corrected chi connectivity index (χ2v) is 4.65. The lowest BCUT2D eigenvalue weighted by Gasteiger charge is -2.19. The lowest BCUT2D eigenvalue weighted by Crippen LogP contribution is -2.40. The van der Waals surface area contributed by atoms with Crippen LogP contribution in [0.5, 0.6) is 0 Å². The highest BCUT2D eigenvalue weighted by Crippen LogP contribution is 2.24. The number of nitrogens with one attached hydrogen (secondary N) is 1. The average molecular weight is 227 g/mol. The van der Waals surface area contributed by atoms with Crippen LogP contribution in [0.1, 0.15) is 32.6 Å². The predicted molar refractivity (Wildman–Crippen MR) is 60.1 cm³/mol. The van der Waals surface area contributed by atoms with Gasteiger partial charge in [0.15, 0.2) is 0 Å². The first-order valence-electron chi connectivity index (χ1n) is 6.33. The highest BCUT2D eigenvalue weighted by atomic mass is 16.5. The number of hydrogen-bond acceptors (Lipinski definition) is 4. The van der Waals surface area contributed by atoms with Crippen LogP contribution in [-0.4, -0.2) is 37.9 Å². The number of rotatable bonds is 4. The van der Waals surface area contributed by atoms with E-state index in [1.54, 1.807) is 0 Å². The zero-order chi connectivity index (χ0) is 11.4. The van der Waals surface area contributed by atoms with Gasteiger partial charge >= 0.3 is 5.97 Å². The zero-order valence-electron chi connectivity index (χ0n) is 9.91. The number of ether oxygens (including phenoxy) is 2. The smallest absolute Gasteiger partial charge is 0.313 e. The fourth-order valence-corrected chi connectivity index (χ4v) is 2.51. The topological polar surface area (TPSA) is 47.6 Å². The molecule has 16 heavy (non-hydrogen) atoms. The van der Waals surface area contributed by atoms with Crippen LogP contribution in [0.4, 0.5) is 0 Å². The predicted octanol–water partition coefficient (Wildman–Crippen LogP) is 1.10. The van der Waals surface area contributed by atoms with Gasteiger partial charge in [0.05, 0.1) is 19.1 Å². The molecule has 0 radical (unpaired) electrons. The third-order valence-corrected chi connectivity index (χ3v) is 3.43. The Bertz CT molecular complexity index is 238. The van der Waals surface area contributed by atoms with Gasteiger partial charge in [-0.2, -0.15) is 0 Å². The maximum absolute atomic E-state index is 11.9. The van der Waals surface area contributed by atoms with E-state index in [4.69, 9.17) is 9.47 Å². The number of carbonyl (C=O) groups excluding carboxylic acids is 1. The molecule has 0 bridgehead atoms. The monoisotopic (exact) mass is 227 g/mol. The van der Waals surface area contributed by atoms with Crippen molar-refractivity contribution in [3.8, 4) is 0 Å². The molecule has 0 amide bonds. The number of carbonyl (C=O) groups is 1. The zero-order valence-corrected chi connectivity index (χ0v) is 9.91. The van der Waals surface area contributed by atoms with Crippen LogP contribution in [0, 0.1) is 5.92 Å². The molecule has 92 valence electrons. The van der Waals surface area contributed by atoms with E-state index in [0.717, 1.165) is 19.4 Å². The van der Waals surface area contributed by atoms with Crippen molar-refractivity contribution in [2.75, 3.05) is 19.8 Å². The minimum Gasteiger partial charge on any atom is -0.462 e. The van der Waals surface area contributed by atoms with Gasteiger partial charge in [-0.15, -0.1) is 0 Å². The van der Waals surface area contributed by atoms with Gasteiger partial charge in [0, 0.05) is 6.04 Å². The molecule has 2 unspecified atom stereocenters. The van der Waals surface area contributed by atoms with E-state index in [9.17, 15) is 4.79 Å². The molecule has 1 saturated heterocycles. The Hall–Kier alpha value is -0.610. The Kier molecular flexibility index (Phi) is 4.18. The lowest BCUT2D eigenvalue weighted by molar-refractivity contribution is -0.154. The minimum absolute atomic E-state index is 0.0737. The summed E-state index contributed by atoms with van der Waals surface area (Å²) in [7, 11) is 0. The Balaban J connectivity index is 1.82. The largest absolute Gasteiger partial charge is 0.462 e. The second kappa shape index (κ2) is 5.64. The molecule has 4 heteroatoms. The second-order valence-electron chi connectivity index (χ2n) is 4.65. The number of likely N-dealkylation sites (N-methyl/N-ethyl adjacent to an activating group) is 1. The van der Waals surface area contributed by atoms with E-state index in [1.807, 2.05) is 6.92 Å². The Morgan fingerprint density at radius 1 is 1.38 bits per heavy atom. The van der Waals surface area contributed by atoms with Gasteiger partial charge in [-0.25, -0.2) is 0 Å². The average Bonchev–Trinajstić information content (AvgIpc) is 2.89. The van der Waals surface area contributed by atoms with Crippen molar-refractivity contribution in [3.63, 3.8) is 0 Å². The normalized spacial score (nSPS) is 30.8. The molecular weight excluding hydrogens is 206 g/mol. The van der Waals surface area contributed by atoms with Crippen LogP contribution in [0.2, 0.25) is 0 Å². The summed E-state index contributed by atoms with van der Waals surface area (Å²) in [6, 6.07) is 0.138. The Labute approximate surface area is 96.7 Å². The van der Waals surface area contributed by atoms with Crippen LogP contribution < -0.4 is 5.32 Å². The van der Waals surface area contributed by atoms with Gasteiger partial charge in [0.1, 0.15) is 6.10 Å². The summed E-state index contributed by atoms with van der Waals surface area (Å²) >= 11 is 0. The van der Waals surface area contributed by atoms with Gasteiger partial charge in [0.25, 0.3) is 0 Å². The molecule has 1 N–H and O–H groups in total. The molecule has 1 aliphatic carbocycles. The van der Waals surface area contributed by atoms with Crippen molar-refractivity contribution in [1.29, 1.82) is 0 Å². The first-order chi connectivity index (χ1) is 7.81. The third-order valence-electron chi connectivity index (χ3n) is 3.43. The molecule has 1 heterocycles. The van der Waals surface area contributed by atoms with E-state index in [2.05, 4.69) is 5.32 Å². The minimum atomic E-state index is -0.111. The van der Waals surface area contributed by atoms with Gasteiger partial charge in [-0.05, 0) is 32.2 Å². The highest BCUT2D eigenvalue weighted by molar-refractivity contribution is 5.74. The highest BCUT2D eigenvalue weighted by Gasteiger charge is 2.36. The van der Waals surface area contributed by atoms with Crippen molar-refractivity contribution in [3.05, 3.63) is 0 Å². The van der Waals surface area contributed by atoms with Crippen LogP contribution in [-0.2, 0) is 14.3 Å². The molecule has 1 aliphatic heterocycles. The Morgan fingerprint density at radius 3 is 2.81 bits per heavy atom. The van der Waals surface area contributed by atoms with Crippen molar-refractivity contribution in [2.45, 2.75) is 44.8 Å². The van der Waals surface area contributed by atoms with E-state index >= 15 is 0 Å². The molecule has 0 aromatic carbocycles. The van der Waals surface area contributed by atoms with Crippen LogP contribution in [0.15, 0.2) is 0 Å². The van der Waals surface area contributed by atoms with E-state index in [-0.39, 0.29) is 24.0 Å². The molecule has 0 aromatic heterocycles. The molecule has 1 saturated carbocycles. The first-order valence-corrected chi connectivity index (χ1v) is 6.33. The third kappa shape index (κ3) is 2.74. The summed E-state index contributed by atoms with van der Waals surface area (Å²) < 4.78 is 10.9. The number of hydrogen-bond donors (Lipinski definition) is 1. The summed E-state index contributed by atoms with van der Waals surface area (Å²) in [4.78, 5) is 11.9. The van der Waals surface area contributed by atoms with Crippen LogP contribution in [0.3, 0.4) is 0 Å². The van der Waals surface area contributed by atoms with Gasteiger partial charge in [-0.1, -0.05) is 6.92 Å². The number of esters is 1. The fourth-order valence-electron chi connectivity index (χ4n) is 2.51. The summed E-state index contributed by atoms with van der Waals surface area (Å²) in [5.74, 6) is -0.184. The van der Waals surface area contributed by atoms with E-state index < -0.39 is 0 Å². The van der Waals surface area contributed by atoms with Crippen molar-refractivity contribution in [2.24, 2.45) is 5.92 Å². The fraction of sp³-hybridized carbons (Fsp3) is 0.917. The SMILES string of the molecule is CCNC1COCC1C(=O)OC1CCCC1. The molecule has 2 rings (SSSR count). The van der Waals surface area contributed by atoms with E-state index in [0.29, 0.717) is 13.2 Å². The summed E-state index contributed by atoms with van der Waals surface area (Å²) in [6.45, 7) is 4.03. The molecule has 2 atom stereocenters. The van der Waals surface area contributed by atoms with E-state index in [1.165, 1.54) is 12.8 Å². The summed E-state index contributed by atoms with van der Waals surface area (Å²) in [6.07, 6.45) is 4.61. The van der Waals surface area contributed by atoms with Gasteiger partial charge in [-0.3, -0.25) is 4.79 Å². The molecular formula is C12H21NO3. The molecule has 2 aliphatic rings. The van der Waals surface area contributed by atoms with Crippen molar-refractivity contribution >= 4 is 5.97 Å². The lowest BCUT2D eigenvalue weighted by atomic mass is 10.0. The molecule has 4 nitrogen and oxygen atoms in total.